The largest absolute Gasteiger partial charge is 0.469 e. The van der Waals surface area contributed by atoms with E-state index in [4.69, 9.17) is 0 Å². The molecular formula is C12H12BrF2NO2. The van der Waals surface area contributed by atoms with Crippen molar-refractivity contribution < 1.29 is 18.3 Å². The Hall–Kier alpha value is -1.17. The first kappa shape index (κ1) is 13.3. The monoisotopic (exact) mass is 319 g/mol. The van der Waals surface area contributed by atoms with Crippen LogP contribution in [0.4, 0.5) is 14.5 Å². The van der Waals surface area contributed by atoms with E-state index in [-0.39, 0.29) is 16.4 Å². The molecule has 98 valence electrons. The van der Waals surface area contributed by atoms with Crippen molar-refractivity contribution in [2.24, 2.45) is 5.92 Å². The Morgan fingerprint density at radius 2 is 2.06 bits per heavy atom. The topological polar surface area (TPSA) is 29.5 Å². The van der Waals surface area contributed by atoms with E-state index in [1.807, 2.05) is 0 Å². The number of methoxy groups -OCH3 is 1. The van der Waals surface area contributed by atoms with Crippen LogP contribution in [0.2, 0.25) is 0 Å². The molecule has 1 unspecified atom stereocenters. The van der Waals surface area contributed by atoms with Crippen LogP contribution in [-0.4, -0.2) is 26.2 Å². The van der Waals surface area contributed by atoms with Crippen molar-refractivity contribution in [3.63, 3.8) is 0 Å². The number of carbonyl (C=O) groups is 1. The lowest BCUT2D eigenvalue weighted by Gasteiger charge is -2.18. The van der Waals surface area contributed by atoms with Gasteiger partial charge >= 0.3 is 5.97 Å². The van der Waals surface area contributed by atoms with Crippen LogP contribution in [0.1, 0.15) is 6.42 Å². The fourth-order valence-electron chi connectivity index (χ4n) is 2.08. The molecule has 1 aromatic carbocycles. The van der Waals surface area contributed by atoms with Gasteiger partial charge in [-0.15, -0.1) is 0 Å². The van der Waals surface area contributed by atoms with Crippen LogP contribution in [0.15, 0.2) is 16.6 Å². The Morgan fingerprint density at radius 1 is 1.44 bits per heavy atom. The number of nitrogens with zero attached hydrogens (tertiary/aromatic N) is 1. The van der Waals surface area contributed by atoms with E-state index in [1.54, 1.807) is 4.90 Å². The van der Waals surface area contributed by atoms with Gasteiger partial charge in [0, 0.05) is 18.8 Å². The molecule has 0 bridgehead atoms. The van der Waals surface area contributed by atoms with E-state index in [1.165, 1.54) is 19.2 Å². The first-order valence-electron chi connectivity index (χ1n) is 5.50. The van der Waals surface area contributed by atoms with E-state index in [9.17, 15) is 13.6 Å². The highest BCUT2D eigenvalue weighted by Crippen LogP contribution is 2.29. The number of ether oxygens (including phenoxy) is 1. The first-order valence-corrected chi connectivity index (χ1v) is 6.29. The van der Waals surface area contributed by atoms with Gasteiger partial charge in [0.15, 0.2) is 0 Å². The smallest absolute Gasteiger partial charge is 0.310 e. The Balaban J connectivity index is 2.17. The summed E-state index contributed by atoms with van der Waals surface area (Å²) < 4.78 is 31.3. The summed E-state index contributed by atoms with van der Waals surface area (Å²) in [6, 6.07) is 2.51. The summed E-state index contributed by atoms with van der Waals surface area (Å²) in [5.74, 6) is -1.81. The Labute approximate surface area is 112 Å². The van der Waals surface area contributed by atoms with E-state index in [0.29, 0.717) is 25.2 Å². The quantitative estimate of drug-likeness (QED) is 0.620. The number of carbonyl (C=O) groups excluding carboxylic acids is 1. The van der Waals surface area contributed by atoms with Gasteiger partial charge < -0.3 is 9.64 Å². The predicted octanol–water partition coefficient (Wildman–Crippen LogP) is 2.73. The minimum Gasteiger partial charge on any atom is -0.469 e. The van der Waals surface area contributed by atoms with Gasteiger partial charge in [0.2, 0.25) is 0 Å². The third kappa shape index (κ3) is 2.48. The van der Waals surface area contributed by atoms with Gasteiger partial charge in [-0.05, 0) is 34.5 Å². The minimum atomic E-state index is -0.647. The molecular weight excluding hydrogens is 308 g/mol. The summed E-state index contributed by atoms with van der Waals surface area (Å²) in [6.45, 7) is 1.01. The third-order valence-corrected chi connectivity index (χ3v) is 3.81. The fraction of sp³-hybridized carbons (Fsp3) is 0.417. The summed E-state index contributed by atoms with van der Waals surface area (Å²) in [5.41, 5.74) is 0.444. The molecule has 2 rings (SSSR count). The van der Waals surface area contributed by atoms with Crippen LogP contribution in [0.3, 0.4) is 0 Å². The predicted molar refractivity (Wildman–Crippen MR) is 66.4 cm³/mol. The number of anilines is 1. The second kappa shape index (κ2) is 5.22. The molecule has 1 heterocycles. The molecule has 1 saturated heterocycles. The molecule has 6 heteroatoms. The molecule has 1 fully saturated rings. The van der Waals surface area contributed by atoms with Crippen molar-refractivity contribution >= 4 is 27.6 Å². The lowest BCUT2D eigenvalue weighted by molar-refractivity contribution is -0.144. The number of hydrogen-bond donors (Lipinski definition) is 0. The molecule has 0 radical (unpaired) electrons. The maximum Gasteiger partial charge on any atom is 0.310 e. The van der Waals surface area contributed by atoms with E-state index in [0.717, 1.165) is 0 Å². The maximum absolute atomic E-state index is 13.4. The highest BCUT2D eigenvalue weighted by molar-refractivity contribution is 9.10. The van der Waals surface area contributed by atoms with Crippen LogP contribution in [0, 0.1) is 17.6 Å². The van der Waals surface area contributed by atoms with Crippen molar-refractivity contribution in [3.05, 3.63) is 28.2 Å². The van der Waals surface area contributed by atoms with E-state index in [2.05, 4.69) is 20.7 Å². The molecule has 0 aliphatic carbocycles. The Kier molecular flexibility index (Phi) is 3.85. The number of rotatable bonds is 2. The highest BCUT2D eigenvalue weighted by Gasteiger charge is 2.29. The molecule has 18 heavy (non-hydrogen) atoms. The average molecular weight is 320 g/mol. The zero-order valence-corrected chi connectivity index (χ0v) is 11.3. The van der Waals surface area contributed by atoms with Gasteiger partial charge in [-0.25, -0.2) is 8.78 Å². The maximum atomic E-state index is 13.4. The first-order chi connectivity index (χ1) is 8.52. The highest BCUT2D eigenvalue weighted by atomic mass is 79.9. The molecule has 1 aromatic rings. The van der Waals surface area contributed by atoms with E-state index >= 15 is 0 Å². The molecule has 3 nitrogen and oxygen atoms in total. The number of halogens is 3. The molecule has 1 aliphatic rings. The van der Waals surface area contributed by atoms with Crippen LogP contribution in [0.5, 0.6) is 0 Å². The minimum absolute atomic E-state index is 0.171. The Bertz CT molecular complexity index is 458. The zero-order chi connectivity index (χ0) is 13.3. The van der Waals surface area contributed by atoms with Crippen LogP contribution >= 0.6 is 15.9 Å². The SMILES string of the molecule is COC(=O)C1CCN(c2cc(F)c(Br)c(F)c2)C1. The second-order valence-corrected chi connectivity index (χ2v) is 4.97. The van der Waals surface area contributed by atoms with Crippen molar-refractivity contribution in [3.8, 4) is 0 Å². The Morgan fingerprint density at radius 3 is 2.61 bits per heavy atom. The third-order valence-electron chi connectivity index (χ3n) is 3.06. The number of hydrogen-bond acceptors (Lipinski definition) is 3. The molecule has 0 aromatic heterocycles. The van der Waals surface area contributed by atoms with Crippen molar-refractivity contribution in [1.29, 1.82) is 0 Å². The van der Waals surface area contributed by atoms with Gasteiger partial charge in [-0.1, -0.05) is 0 Å². The molecule has 0 saturated carbocycles. The van der Waals surface area contributed by atoms with Gasteiger partial charge in [0.1, 0.15) is 11.6 Å². The van der Waals surface area contributed by atoms with Gasteiger partial charge in [0.25, 0.3) is 0 Å². The second-order valence-electron chi connectivity index (χ2n) is 4.18. The lowest BCUT2D eigenvalue weighted by atomic mass is 10.1. The lowest BCUT2D eigenvalue weighted by Crippen LogP contribution is -2.23. The van der Waals surface area contributed by atoms with Crippen LogP contribution in [0.25, 0.3) is 0 Å². The van der Waals surface area contributed by atoms with Gasteiger partial charge in [-0.2, -0.15) is 0 Å². The summed E-state index contributed by atoms with van der Waals surface area (Å²) in [5, 5.41) is 0. The van der Waals surface area contributed by atoms with Crippen molar-refractivity contribution in [2.45, 2.75) is 6.42 Å². The standard InChI is InChI=1S/C12H12BrF2NO2/c1-18-12(17)7-2-3-16(6-7)8-4-9(14)11(13)10(15)5-8/h4-5,7H,2-3,6H2,1H3. The van der Waals surface area contributed by atoms with Gasteiger partial charge in [0.05, 0.1) is 17.5 Å². The summed E-state index contributed by atoms with van der Waals surface area (Å²) >= 11 is 2.83. The average Bonchev–Trinajstić information content (AvgIpc) is 2.84. The van der Waals surface area contributed by atoms with Crippen molar-refractivity contribution in [2.75, 3.05) is 25.1 Å². The summed E-state index contributed by atoms with van der Waals surface area (Å²) in [4.78, 5) is 13.2. The van der Waals surface area contributed by atoms with E-state index < -0.39 is 11.6 Å². The molecule has 1 atom stereocenters. The number of esters is 1. The van der Waals surface area contributed by atoms with Crippen LogP contribution in [-0.2, 0) is 9.53 Å². The zero-order valence-electron chi connectivity index (χ0n) is 9.75. The summed E-state index contributed by atoms with van der Waals surface area (Å²) in [7, 11) is 1.34. The van der Waals surface area contributed by atoms with Crippen molar-refractivity contribution in [1.82, 2.24) is 0 Å². The molecule has 1 aliphatic heterocycles. The normalized spacial score (nSPS) is 19.1. The fourth-order valence-corrected chi connectivity index (χ4v) is 2.31. The van der Waals surface area contributed by atoms with Crippen LogP contribution < -0.4 is 4.90 Å². The molecule has 0 amide bonds. The van der Waals surface area contributed by atoms with Gasteiger partial charge in [-0.3, -0.25) is 4.79 Å². The molecule has 0 spiro atoms. The number of benzene rings is 1. The summed E-state index contributed by atoms with van der Waals surface area (Å²) in [6.07, 6.45) is 0.631. The molecule has 0 N–H and O–H groups in total.